The highest BCUT2D eigenvalue weighted by atomic mass is 16.5. The zero-order valence-corrected chi connectivity index (χ0v) is 9.74. The molecule has 2 rings (SSSR count). The van der Waals surface area contributed by atoms with E-state index < -0.39 is 0 Å². The van der Waals surface area contributed by atoms with Gasteiger partial charge in [-0.1, -0.05) is 25.1 Å². The first-order valence-corrected chi connectivity index (χ1v) is 5.98. The Kier molecular flexibility index (Phi) is 3.60. The molecule has 0 N–H and O–H groups in total. The fourth-order valence-corrected chi connectivity index (χ4v) is 2.12. The minimum Gasteiger partial charge on any atom is -0.493 e. The Labute approximate surface area is 96.6 Å². The number of carbonyl (C=O) groups excluding carboxylic acids is 1. The summed E-state index contributed by atoms with van der Waals surface area (Å²) in [5.74, 6) is 1.76. The van der Waals surface area contributed by atoms with E-state index >= 15 is 0 Å². The van der Waals surface area contributed by atoms with Gasteiger partial charge in [0, 0.05) is 12.8 Å². The molecule has 1 aromatic rings. The second-order valence-electron chi connectivity index (χ2n) is 4.59. The molecule has 2 heteroatoms. The molecule has 0 saturated carbocycles. The number of ether oxygens (including phenoxy) is 1. The maximum absolute atomic E-state index is 11.5. The predicted octanol–water partition coefficient (Wildman–Crippen LogP) is 3.00. The molecule has 1 aliphatic heterocycles. The molecule has 0 fully saturated rings. The zero-order valence-electron chi connectivity index (χ0n) is 9.74. The predicted molar refractivity (Wildman–Crippen MR) is 63.7 cm³/mol. The minimum absolute atomic E-state index is 0.326. The van der Waals surface area contributed by atoms with Crippen molar-refractivity contribution >= 4 is 5.78 Å². The standard InChI is InChI=1S/C14H18O2/c1-11-6-7-12-4-2-3-5-14(12)16-9-8-13(15)10-11/h2-5,11H,6-10H2,1H3. The molecular formula is C14H18O2. The van der Waals surface area contributed by atoms with Crippen LogP contribution in [-0.4, -0.2) is 12.4 Å². The number of Topliss-reactive ketones (excluding diaryl/α,β-unsaturated/α-hetero) is 1. The van der Waals surface area contributed by atoms with Crippen LogP contribution in [0.25, 0.3) is 0 Å². The van der Waals surface area contributed by atoms with Crippen LogP contribution >= 0.6 is 0 Å². The third-order valence-corrected chi connectivity index (χ3v) is 3.09. The minimum atomic E-state index is 0.326. The van der Waals surface area contributed by atoms with E-state index in [1.165, 1.54) is 5.56 Å². The molecule has 0 bridgehead atoms. The number of aryl methyl sites for hydroxylation is 1. The second-order valence-corrected chi connectivity index (χ2v) is 4.59. The fraction of sp³-hybridized carbons (Fsp3) is 0.500. The summed E-state index contributed by atoms with van der Waals surface area (Å²) in [6.07, 6.45) is 3.31. The van der Waals surface area contributed by atoms with Crippen LogP contribution in [0.5, 0.6) is 5.75 Å². The Balaban J connectivity index is 2.15. The van der Waals surface area contributed by atoms with Crippen molar-refractivity contribution in [2.24, 2.45) is 5.92 Å². The summed E-state index contributed by atoms with van der Waals surface area (Å²) in [4.78, 5) is 11.5. The highest BCUT2D eigenvalue weighted by Gasteiger charge is 2.13. The van der Waals surface area contributed by atoms with Gasteiger partial charge in [-0.05, 0) is 30.4 Å². The Morgan fingerprint density at radius 3 is 2.94 bits per heavy atom. The molecule has 0 saturated heterocycles. The molecule has 1 aromatic carbocycles. The van der Waals surface area contributed by atoms with E-state index in [9.17, 15) is 4.79 Å². The van der Waals surface area contributed by atoms with E-state index in [0.29, 0.717) is 31.1 Å². The number of rotatable bonds is 0. The summed E-state index contributed by atoms with van der Waals surface area (Å²) >= 11 is 0. The Morgan fingerprint density at radius 2 is 2.06 bits per heavy atom. The molecule has 1 aliphatic rings. The van der Waals surface area contributed by atoms with Crippen LogP contribution in [0.4, 0.5) is 0 Å². The number of benzene rings is 1. The van der Waals surface area contributed by atoms with Gasteiger partial charge in [-0.3, -0.25) is 4.79 Å². The first-order valence-electron chi connectivity index (χ1n) is 5.98. The van der Waals surface area contributed by atoms with Crippen LogP contribution < -0.4 is 4.74 Å². The summed E-state index contributed by atoms with van der Waals surface area (Å²) in [5.41, 5.74) is 1.27. The van der Waals surface area contributed by atoms with Gasteiger partial charge in [0.05, 0.1) is 6.61 Å². The van der Waals surface area contributed by atoms with E-state index in [2.05, 4.69) is 13.0 Å². The average molecular weight is 218 g/mol. The number of fused-ring (bicyclic) bond motifs is 1. The summed E-state index contributed by atoms with van der Waals surface area (Å²) in [6.45, 7) is 2.67. The fourth-order valence-electron chi connectivity index (χ4n) is 2.12. The Bertz CT molecular complexity index is 371. The van der Waals surface area contributed by atoms with Gasteiger partial charge in [-0.25, -0.2) is 0 Å². The van der Waals surface area contributed by atoms with E-state index in [4.69, 9.17) is 4.74 Å². The van der Waals surface area contributed by atoms with E-state index in [-0.39, 0.29) is 0 Å². The number of ketones is 1. The summed E-state index contributed by atoms with van der Waals surface area (Å²) < 4.78 is 5.65. The quantitative estimate of drug-likeness (QED) is 0.669. The maximum Gasteiger partial charge on any atom is 0.136 e. The second kappa shape index (κ2) is 5.15. The van der Waals surface area contributed by atoms with Crippen molar-refractivity contribution in [2.75, 3.05) is 6.61 Å². The Morgan fingerprint density at radius 1 is 1.25 bits per heavy atom. The molecule has 1 unspecified atom stereocenters. The van der Waals surface area contributed by atoms with Gasteiger partial charge in [0.1, 0.15) is 11.5 Å². The topological polar surface area (TPSA) is 26.3 Å². The van der Waals surface area contributed by atoms with Crippen molar-refractivity contribution in [3.63, 3.8) is 0 Å². The van der Waals surface area contributed by atoms with Crippen LogP contribution in [0.3, 0.4) is 0 Å². The summed E-state index contributed by atoms with van der Waals surface area (Å²) in [5, 5.41) is 0. The van der Waals surface area contributed by atoms with E-state index in [0.717, 1.165) is 18.6 Å². The lowest BCUT2D eigenvalue weighted by molar-refractivity contribution is -0.120. The van der Waals surface area contributed by atoms with Crippen molar-refractivity contribution in [1.29, 1.82) is 0 Å². The number of para-hydroxylation sites is 1. The van der Waals surface area contributed by atoms with Crippen molar-refractivity contribution in [2.45, 2.75) is 32.6 Å². The lowest BCUT2D eigenvalue weighted by atomic mass is 9.95. The van der Waals surface area contributed by atoms with Gasteiger partial charge in [0.2, 0.25) is 0 Å². The molecule has 0 amide bonds. The third kappa shape index (κ3) is 2.84. The molecule has 0 aliphatic carbocycles. The summed E-state index contributed by atoms with van der Waals surface area (Å²) in [6, 6.07) is 8.14. The number of carbonyl (C=O) groups is 1. The van der Waals surface area contributed by atoms with Crippen molar-refractivity contribution < 1.29 is 9.53 Å². The monoisotopic (exact) mass is 218 g/mol. The highest BCUT2D eigenvalue weighted by Crippen LogP contribution is 2.23. The van der Waals surface area contributed by atoms with Gasteiger partial charge >= 0.3 is 0 Å². The molecule has 1 heterocycles. The maximum atomic E-state index is 11.5. The molecule has 0 radical (unpaired) electrons. The Hall–Kier alpha value is -1.31. The van der Waals surface area contributed by atoms with Crippen LogP contribution in [-0.2, 0) is 11.2 Å². The van der Waals surface area contributed by atoms with Crippen molar-refractivity contribution in [3.05, 3.63) is 29.8 Å². The smallest absolute Gasteiger partial charge is 0.136 e. The summed E-state index contributed by atoms with van der Waals surface area (Å²) in [7, 11) is 0. The van der Waals surface area contributed by atoms with Crippen LogP contribution in [0.2, 0.25) is 0 Å². The molecule has 16 heavy (non-hydrogen) atoms. The van der Waals surface area contributed by atoms with E-state index in [1.54, 1.807) is 0 Å². The van der Waals surface area contributed by atoms with Crippen LogP contribution in [0.1, 0.15) is 31.7 Å². The SMILES string of the molecule is CC1CCc2ccccc2OCCC(=O)C1. The third-order valence-electron chi connectivity index (χ3n) is 3.09. The number of hydrogen-bond donors (Lipinski definition) is 0. The normalized spacial score (nSPS) is 22.1. The largest absolute Gasteiger partial charge is 0.493 e. The van der Waals surface area contributed by atoms with Crippen LogP contribution in [0.15, 0.2) is 24.3 Å². The molecule has 86 valence electrons. The molecular weight excluding hydrogens is 200 g/mol. The molecule has 2 nitrogen and oxygen atoms in total. The van der Waals surface area contributed by atoms with Gasteiger partial charge < -0.3 is 4.74 Å². The molecule has 0 aromatic heterocycles. The molecule has 1 atom stereocenters. The lowest BCUT2D eigenvalue weighted by Gasteiger charge is -2.16. The van der Waals surface area contributed by atoms with Gasteiger partial charge in [-0.2, -0.15) is 0 Å². The zero-order chi connectivity index (χ0) is 11.4. The number of hydrogen-bond acceptors (Lipinski definition) is 2. The molecule has 0 spiro atoms. The van der Waals surface area contributed by atoms with Crippen LogP contribution in [0, 0.1) is 5.92 Å². The van der Waals surface area contributed by atoms with Gasteiger partial charge in [0.15, 0.2) is 0 Å². The highest BCUT2D eigenvalue weighted by molar-refractivity contribution is 5.78. The van der Waals surface area contributed by atoms with Crippen molar-refractivity contribution in [3.8, 4) is 5.75 Å². The lowest BCUT2D eigenvalue weighted by Crippen LogP contribution is -2.13. The van der Waals surface area contributed by atoms with Gasteiger partial charge in [0.25, 0.3) is 0 Å². The first-order chi connectivity index (χ1) is 7.75. The first kappa shape index (κ1) is 11.2. The van der Waals surface area contributed by atoms with E-state index in [1.807, 2.05) is 18.2 Å². The average Bonchev–Trinajstić information content (AvgIpc) is 2.27. The van der Waals surface area contributed by atoms with Gasteiger partial charge in [-0.15, -0.1) is 0 Å². The van der Waals surface area contributed by atoms with Crippen molar-refractivity contribution in [1.82, 2.24) is 0 Å².